The molecule has 0 aliphatic carbocycles. The van der Waals surface area contributed by atoms with Crippen molar-refractivity contribution in [3.63, 3.8) is 0 Å². The summed E-state index contributed by atoms with van der Waals surface area (Å²) in [5.74, 6) is 0. The molecule has 0 heterocycles. The number of hydrogen-bond donors (Lipinski definition) is 0. The maximum Gasteiger partial charge on any atom is 0.0644 e. The van der Waals surface area contributed by atoms with Crippen LogP contribution in [0, 0.1) is 0 Å². The highest BCUT2D eigenvalue weighted by molar-refractivity contribution is 9.09. The monoisotopic (exact) mass is 350 g/mol. The quantitative estimate of drug-likeness (QED) is 0.551. The van der Waals surface area contributed by atoms with E-state index in [4.69, 9.17) is 11.6 Å². The summed E-state index contributed by atoms with van der Waals surface area (Å²) in [6.45, 7) is 6.80. The van der Waals surface area contributed by atoms with Gasteiger partial charge in [0.05, 0.1) is 4.83 Å². The first kappa shape index (κ1) is 15.6. The molecule has 0 N–H and O–H groups in total. The summed E-state index contributed by atoms with van der Waals surface area (Å²) in [4.78, 5) is 0.207. The van der Waals surface area contributed by atoms with E-state index in [9.17, 15) is 0 Å². The van der Waals surface area contributed by atoms with Crippen LogP contribution in [-0.2, 0) is 5.41 Å². The summed E-state index contributed by atoms with van der Waals surface area (Å²) in [5.41, 5.74) is 4.11. The molecular formula is C18H20BrCl. The molecule has 0 spiro atoms. The van der Waals surface area contributed by atoms with Gasteiger partial charge in [-0.1, -0.05) is 84.7 Å². The van der Waals surface area contributed by atoms with E-state index in [1.54, 1.807) is 0 Å². The molecule has 0 saturated heterocycles. The molecule has 0 bridgehead atoms. The van der Waals surface area contributed by atoms with Gasteiger partial charge in [-0.05, 0) is 40.7 Å². The Labute approximate surface area is 135 Å². The van der Waals surface area contributed by atoms with Crippen LogP contribution in [-0.4, -0.2) is 0 Å². The highest BCUT2D eigenvalue weighted by atomic mass is 79.9. The van der Waals surface area contributed by atoms with Crippen LogP contribution in [0.5, 0.6) is 0 Å². The Morgan fingerprint density at radius 1 is 0.950 bits per heavy atom. The number of rotatable bonds is 4. The third kappa shape index (κ3) is 3.45. The van der Waals surface area contributed by atoms with Gasteiger partial charge in [-0.15, -0.1) is 0 Å². The Morgan fingerprint density at radius 3 is 1.85 bits per heavy atom. The van der Waals surface area contributed by atoms with Gasteiger partial charge in [0.1, 0.15) is 0 Å². The van der Waals surface area contributed by atoms with Crippen molar-refractivity contribution >= 4 is 27.5 Å². The molecule has 2 aromatic carbocycles. The van der Waals surface area contributed by atoms with Crippen LogP contribution in [0.4, 0.5) is 0 Å². The van der Waals surface area contributed by atoms with Gasteiger partial charge in [-0.3, -0.25) is 0 Å². The van der Waals surface area contributed by atoms with Crippen molar-refractivity contribution in [1.29, 1.82) is 0 Å². The molecule has 0 saturated carbocycles. The van der Waals surface area contributed by atoms with Gasteiger partial charge in [-0.2, -0.15) is 0 Å². The highest BCUT2D eigenvalue weighted by Gasteiger charge is 2.18. The van der Waals surface area contributed by atoms with Gasteiger partial charge in [0.15, 0.2) is 0 Å². The van der Waals surface area contributed by atoms with Crippen LogP contribution < -0.4 is 0 Å². The van der Waals surface area contributed by atoms with Crippen molar-refractivity contribution in [3.05, 3.63) is 70.2 Å². The van der Waals surface area contributed by atoms with Gasteiger partial charge in [-0.25, -0.2) is 0 Å². The lowest BCUT2D eigenvalue weighted by Gasteiger charge is -2.24. The van der Waals surface area contributed by atoms with Crippen LogP contribution in [0.1, 0.15) is 48.7 Å². The molecule has 2 heteroatoms. The van der Waals surface area contributed by atoms with E-state index in [1.165, 1.54) is 16.7 Å². The van der Waals surface area contributed by atoms with Crippen molar-refractivity contribution in [2.75, 3.05) is 0 Å². The lowest BCUT2D eigenvalue weighted by Crippen LogP contribution is -2.15. The van der Waals surface area contributed by atoms with Crippen LogP contribution in [0.2, 0.25) is 5.02 Å². The fourth-order valence-electron chi connectivity index (χ4n) is 2.13. The molecule has 0 radical (unpaired) electrons. The van der Waals surface area contributed by atoms with Crippen LogP contribution in [0.3, 0.4) is 0 Å². The third-order valence-electron chi connectivity index (χ3n) is 4.03. The summed E-state index contributed by atoms with van der Waals surface area (Å²) < 4.78 is 0. The van der Waals surface area contributed by atoms with E-state index in [1.807, 2.05) is 12.1 Å². The van der Waals surface area contributed by atoms with Crippen molar-refractivity contribution < 1.29 is 0 Å². The first-order chi connectivity index (χ1) is 9.44. The highest BCUT2D eigenvalue weighted by Crippen LogP contribution is 2.33. The third-order valence-corrected chi connectivity index (χ3v) is 5.34. The Balaban J connectivity index is 2.23. The van der Waals surface area contributed by atoms with Crippen molar-refractivity contribution in [1.82, 2.24) is 0 Å². The Kier molecular flexibility index (Phi) is 4.93. The molecule has 0 aliphatic rings. The van der Waals surface area contributed by atoms with E-state index in [2.05, 4.69) is 73.1 Å². The molecule has 20 heavy (non-hydrogen) atoms. The molecule has 106 valence electrons. The summed E-state index contributed by atoms with van der Waals surface area (Å²) in [6.07, 6.45) is 1.14. The van der Waals surface area contributed by atoms with Gasteiger partial charge in [0, 0.05) is 5.02 Å². The number of alkyl halides is 1. The Morgan fingerprint density at radius 2 is 1.40 bits per heavy atom. The SMILES string of the molecule is CCC(C)(C)c1ccc(C(Br)c2ccc(Cl)cc2)cc1. The van der Waals surface area contributed by atoms with E-state index in [0.29, 0.717) is 0 Å². The molecule has 0 amide bonds. The van der Waals surface area contributed by atoms with E-state index in [0.717, 1.165) is 11.4 Å². The predicted molar refractivity (Wildman–Crippen MR) is 92.0 cm³/mol. The molecule has 0 aliphatic heterocycles. The van der Waals surface area contributed by atoms with E-state index in [-0.39, 0.29) is 10.2 Å². The maximum atomic E-state index is 5.93. The second-order valence-corrected chi connectivity index (χ2v) is 7.13. The minimum absolute atomic E-state index is 0.207. The minimum atomic E-state index is 0.207. The Bertz CT molecular complexity index is 555. The molecule has 1 atom stereocenters. The first-order valence-corrected chi connectivity index (χ1v) is 8.23. The van der Waals surface area contributed by atoms with E-state index < -0.39 is 0 Å². The molecule has 0 nitrogen and oxygen atoms in total. The zero-order chi connectivity index (χ0) is 14.8. The van der Waals surface area contributed by atoms with Crippen molar-refractivity contribution in [2.24, 2.45) is 0 Å². The van der Waals surface area contributed by atoms with Crippen LogP contribution in [0.15, 0.2) is 48.5 Å². The number of benzene rings is 2. The number of hydrogen-bond acceptors (Lipinski definition) is 0. The lowest BCUT2D eigenvalue weighted by molar-refractivity contribution is 0.506. The second-order valence-electron chi connectivity index (χ2n) is 5.77. The summed E-state index contributed by atoms with van der Waals surface area (Å²) in [6, 6.07) is 16.9. The fraction of sp³-hybridized carbons (Fsp3) is 0.333. The molecule has 0 fully saturated rings. The standard InChI is InChI=1S/C18H20BrCl/c1-4-18(2,3)15-9-5-13(6-10-15)17(19)14-7-11-16(20)12-8-14/h5-12,17H,4H2,1-3H3. The molecular weight excluding hydrogens is 332 g/mol. The predicted octanol–water partition coefficient (Wildman–Crippen LogP) is 6.51. The molecule has 1 unspecified atom stereocenters. The maximum absolute atomic E-state index is 5.93. The molecule has 0 aromatic heterocycles. The normalized spacial score (nSPS) is 13.2. The lowest BCUT2D eigenvalue weighted by atomic mass is 9.82. The van der Waals surface area contributed by atoms with Gasteiger partial charge in [0.2, 0.25) is 0 Å². The van der Waals surface area contributed by atoms with Gasteiger partial charge < -0.3 is 0 Å². The fourth-order valence-corrected chi connectivity index (χ4v) is 2.87. The average Bonchev–Trinajstić information content (AvgIpc) is 2.47. The van der Waals surface area contributed by atoms with E-state index >= 15 is 0 Å². The topological polar surface area (TPSA) is 0 Å². The minimum Gasteiger partial charge on any atom is -0.0843 e. The number of halogens is 2. The van der Waals surface area contributed by atoms with Gasteiger partial charge >= 0.3 is 0 Å². The zero-order valence-electron chi connectivity index (χ0n) is 12.2. The van der Waals surface area contributed by atoms with Gasteiger partial charge in [0.25, 0.3) is 0 Å². The smallest absolute Gasteiger partial charge is 0.0644 e. The summed E-state index contributed by atoms with van der Waals surface area (Å²) >= 11 is 9.70. The average molecular weight is 352 g/mol. The summed E-state index contributed by atoms with van der Waals surface area (Å²) in [7, 11) is 0. The van der Waals surface area contributed by atoms with Crippen LogP contribution >= 0.6 is 27.5 Å². The zero-order valence-corrected chi connectivity index (χ0v) is 14.5. The summed E-state index contributed by atoms with van der Waals surface area (Å²) in [5, 5.41) is 0.772. The first-order valence-electron chi connectivity index (χ1n) is 6.94. The van der Waals surface area contributed by atoms with Crippen molar-refractivity contribution in [3.8, 4) is 0 Å². The molecule has 2 aromatic rings. The van der Waals surface area contributed by atoms with Crippen molar-refractivity contribution in [2.45, 2.75) is 37.4 Å². The molecule has 2 rings (SSSR count). The second kappa shape index (κ2) is 6.32. The van der Waals surface area contributed by atoms with Crippen LogP contribution in [0.25, 0.3) is 0 Å². The largest absolute Gasteiger partial charge is 0.0843 e. The Hall–Kier alpha value is -0.790.